The molecule has 184 valence electrons. The first-order valence-corrected chi connectivity index (χ1v) is 12.1. The quantitative estimate of drug-likeness (QED) is 0.278. The van der Waals surface area contributed by atoms with Gasteiger partial charge in [-0.05, 0) is 49.6 Å². The first-order chi connectivity index (χ1) is 17.0. The van der Waals surface area contributed by atoms with Crippen molar-refractivity contribution in [1.29, 1.82) is 0 Å². The van der Waals surface area contributed by atoms with E-state index in [-0.39, 0.29) is 23.7 Å². The van der Waals surface area contributed by atoms with E-state index in [9.17, 15) is 9.59 Å². The molecular weight excluding hydrogens is 444 g/mol. The zero-order valence-electron chi connectivity index (χ0n) is 20.0. The summed E-state index contributed by atoms with van der Waals surface area (Å²) in [6.07, 6.45) is 2.05. The van der Waals surface area contributed by atoms with Gasteiger partial charge in [-0.2, -0.15) is 0 Å². The lowest BCUT2D eigenvalue weighted by molar-refractivity contribution is -0.143. The Morgan fingerprint density at radius 3 is 2.66 bits per heavy atom. The average Bonchev–Trinajstić information content (AvgIpc) is 3.31. The molecule has 1 fully saturated rings. The molecule has 1 aliphatic heterocycles. The summed E-state index contributed by atoms with van der Waals surface area (Å²) in [6, 6.07) is 17.3. The zero-order chi connectivity index (χ0) is 24.6. The summed E-state index contributed by atoms with van der Waals surface area (Å²) in [6.45, 7) is 5.06. The summed E-state index contributed by atoms with van der Waals surface area (Å²) in [5.74, 6) is 0.331. The minimum atomic E-state index is -0.224. The zero-order valence-corrected chi connectivity index (χ0v) is 20.0. The number of hydrogen-bond donors (Lipinski definition) is 2. The van der Waals surface area contributed by atoms with Crippen LogP contribution < -0.4 is 11.1 Å². The summed E-state index contributed by atoms with van der Waals surface area (Å²) in [5, 5.41) is 3.88. The summed E-state index contributed by atoms with van der Waals surface area (Å²) in [7, 11) is 0. The van der Waals surface area contributed by atoms with E-state index in [0.717, 1.165) is 42.4 Å². The number of nitrogens with two attached hydrogens (primary N) is 1. The van der Waals surface area contributed by atoms with Crippen molar-refractivity contribution in [3.8, 4) is 0 Å². The molecule has 0 atom stereocenters. The maximum absolute atomic E-state index is 12.8. The second-order valence-corrected chi connectivity index (χ2v) is 8.69. The lowest BCUT2D eigenvalue weighted by Crippen LogP contribution is -2.45. The number of likely N-dealkylation sites (tertiary alicyclic amines) is 1. The van der Waals surface area contributed by atoms with Crippen LogP contribution >= 0.6 is 0 Å². The second-order valence-electron chi connectivity index (χ2n) is 8.69. The molecule has 0 spiro atoms. The maximum Gasteiger partial charge on any atom is 0.307 e. The second kappa shape index (κ2) is 11.7. The molecule has 0 bridgehead atoms. The average molecular weight is 477 g/mol. The van der Waals surface area contributed by atoms with Gasteiger partial charge in [-0.3, -0.25) is 14.6 Å². The number of furan rings is 1. The number of nitrogens with one attached hydrogen (secondary N) is 1. The number of carbonyl (C=O) groups is 2. The highest BCUT2D eigenvalue weighted by Crippen LogP contribution is 2.22. The summed E-state index contributed by atoms with van der Waals surface area (Å²) in [5.41, 5.74) is 8.70. The highest BCUT2D eigenvalue weighted by atomic mass is 16.5. The molecule has 1 saturated heterocycles. The number of benzene rings is 2. The van der Waals surface area contributed by atoms with Crippen LogP contribution in [0.4, 0.5) is 0 Å². The van der Waals surface area contributed by atoms with Crippen molar-refractivity contribution in [2.24, 2.45) is 10.7 Å². The van der Waals surface area contributed by atoms with Gasteiger partial charge in [0, 0.05) is 36.6 Å². The Kier molecular flexibility index (Phi) is 8.15. The number of amides is 1. The van der Waals surface area contributed by atoms with Crippen LogP contribution in [-0.4, -0.2) is 54.9 Å². The van der Waals surface area contributed by atoms with E-state index in [1.807, 2.05) is 55.5 Å². The molecule has 4 rings (SSSR count). The minimum absolute atomic E-state index is 0.0749. The number of nitrogens with zero attached hydrogens (tertiary/aromatic N) is 2. The Bertz CT molecular complexity index is 1180. The Hall–Kier alpha value is -3.65. The predicted octanol–water partition coefficient (Wildman–Crippen LogP) is 3.49. The topological polar surface area (TPSA) is 110 Å². The molecule has 8 nitrogen and oxygen atoms in total. The fourth-order valence-electron chi connectivity index (χ4n) is 4.21. The molecule has 1 aliphatic rings. The Balaban J connectivity index is 1.31. The molecule has 1 aromatic heterocycles. The normalized spacial score (nSPS) is 15.3. The van der Waals surface area contributed by atoms with Gasteiger partial charge in [0.1, 0.15) is 11.4 Å². The number of aliphatic imine (C=N–C) groups is 1. The smallest absolute Gasteiger partial charge is 0.307 e. The van der Waals surface area contributed by atoms with Crippen molar-refractivity contribution in [1.82, 2.24) is 10.2 Å². The molecule has 0 unspecified atom stereocenters. The fourth-order valence-corrected chi connectivity index (χ4v) is 4.21. The highest BCUT2D eigenvalue weighted by Gasteiger charge is 2.23. The number of ether oxygens (including phenoxy) is 1. The van der Waals surface area contributed by atoms with Crippen LogP contribution in [0.25, 0.3) is 11.0 Å². The van der Waals surface area contributed by atoms with Crippen LogP contribution in [0.15, 0.2) is 64.0 Å². The molecular formula is C27H32N4O4. The fraction of sp³-hybridized carbons (Fsp3) is 0.370. The van der Waals surface area contributed by atoms with E-state index in [1.165, 1.54) is 0 Å². The first kappa shape index (κ1) is 24.5. The van der Waals surface area contributed by atoms with E-state index in [0.29, 0.717) is 37.5 Å². The number of carbonyl (C=O) groups excluding carboxylic acids is 2. The van der Waals surface area contributed by atoms with Gasteiger partial charge in [-0.15, -0.1) is 0 Å². The van der Waals surface area contributed by atoms with Crippen molar-refractivity contribution >= 4 is 28.7 Å². The van der Waals surface area contributed by atoms with Gasteiger partial charge < -0.3 is 25.1 Å². The molecule has 3 aromatic rings. The van der Waals surface area contributed by atoms with Gasteiger partial charge in [-0.25, -0.2) is 0 Å². The SMILES string of the molecule is CCOC(=O)CCN1CCC(NC(=O)c2cc3cc(C(N)=NCc4ccccc4)ccc3o2)CC1. The largest absolute Gasteiger partial charge is 0.466 e. The van der Waals surface area contributed by atoms with Crippen LogP contribution in [0.1, 0.15) is 47.9 Å². The van der Waals surface area contributed by atoms with Gasteiger partial charge in [0.05, 0.1) is 19.6 Å². The first-order valence-electron chi connectivity index (χ1n) is 12.1. The Morgan fingerprint density at radius 2 is 1.91 bits per heavy atom. The predicted molar refractivity (Wildman–Crippen MR) is 135 cm³/mol. The third kappa shape index (κ3) is 6.70. The molecule has 0 aliphatic carbocycles. The third-order valence-corrected chi connectivity index (χ3v) is 6.17. The maximum atomic E-state index is 12.8. The molecule has 2 heterocycles. The number of fused-ring (bicyclic) bond motifs is 1. The molecule has 8 heteroatoms. The number of rotatable bonds is 9. The molecule has 1 amide bonds. The molecule has 35 heavy (non-hydrogen) atoms. The number of hydrogen-bond acceptors (Lipinski definition) is 6. The van der Waals surface area contributed by atoms with E-state index >= 15 is 0 Å². The van der Waals surface area contributed by atoms with Gasteiger partial charge in [0.25, 0.3) is 5.91 Å². The van der Waals surface area contributed by atoms with Gasteiger partial charge >= 0.3 is 5.97 Å². The molecule has 2 aromatic carbocycles. The summed E-state index contributed by atoms with van der Waals surface area (Å²) in [4.78, 5) is 31.1. The molecule has 0 saturated carbocycles. The monoisotopic (exact) mass is 476 g/mol. The van der Waals surface area contributed by atoms with Crippen LogP contribution in [0, 0.1) is 0 Å². The van der Waals surface area contributed by atoms with Crippen molar-refractivity contribution < 1.29 is 18.7 Å². The van der Waals surface area contributed by atoms with Crippen LogP contribution in [0.2, 0.25) is 0 Å². The van der Waals surface area contributed by atoms with Crippen molar-refractivity contribution in [2.75, 3.05) is 26.2 Å². The van der Waals surface area contributed by atoms with E-state index < -0.39 is 0 Å². The lowest BCUT2D eigenvalue weighted by atomic mass is 10.0. The van der Waals surface area contributed by atoms with Crippen LogP contribution in [0.5, 0.6) is 0 Å². The van der Waals surface area contributed by atoms with E-state index in [2.05, 4.69) is 15.2 Å². The standard InChI is InChI=1S/C27H32N4O4/c1-2-34-25(32)12-15-31-13-10-22(11-14-31)30-27(33)24-17-21-16-20(8-9-23(21)35-24)26(28)29-18-19-6-4-3-5-7-19/h3-9,16-17,22H,2,10-15,18H2,1H3,(H2,28,29)(H,30,33). The number of piperidine rings is 1. The number of amidine groups is 1. The van der Waals surface area contributed by atoms with Crippen molar-refractivity contribution in [3.05, 3.63) is 71.5 Å². The van der Waals surface area contributed by atoms with Crippen molar-refractivity contribution in [3.63, 3.8) is 0 Å². The summed E-state index contributed by atoms with van der Waals surface area (Å²) < 4.78 is 10.8. The van der Waals surface area contributed by atoms with Gasteiger partial charge in [0.15, 0.2) is 5.76 Å². The minimum Gasteiger partial charge on any atom is -0.466 e. The molecule has 0 radical (unpaired) electrons. The van der Waals surface area contributed by atoms with Crippen LogP contribution in [0.3, 0.4) is 0 Å². The van der Waals surface area contributed by atoms with E-state index in [1.54, 1.807) is 6.07 Å². The third-order valence-electron chi connectivity index (χ3n) is 6.17. The lowest BCUT2D eigenvalue weighted by Gasteiger charge is -2.31. The number of esters is 1. The van der Waals surface area contributed by atoms with Crippen LogP contribution in [-0.2, 0) is 16.1 Å². The Morgan fingerprint density at radius 1 is 1.14 bits per heavy atom. The van der Waals surface area contributed by atoms with Gasteiger partial charge in [-0.1, -0.05) is 30.3 Å². The van der Waals surface area contributed by atoms with Gasteiger partial charge in [0.2, 0.25) is 0 Å². The Labute approximate surface area is 205 Å². The summed E-state index contributed by atoms with van der Waals surface area (Å²) >= 11 is 0. The van der Waals surface area contributed by atoms with Crippen molar-refractivity contribution in [2.45, 2.75) is 38.8 Å². The highest BCUT2D eigenvalue weighted by molar-refractivity contribution is 6.02. The van der Waals surface area contributed by atoms with E-state index in [4.69, 9.17) is 14.9 Å². The molecule has 3 N–H and O–H groups in total.